The lowest BCUT2D eigenvalue weighted by Gasteiger charge is -2.15. The van der Waals surface area contributed by atoms with Crippen molar-refractivity contribution in [2.24, 2.45) is 0 Å². The second kappa shape index (κ2) is 12.7. The Balaban J connectivity index is 1.39. The number of carbonyl (C=O) groups excluding carboxylic acids is 5. The van der Waals surface area contributed by atoms with E-state index in [1.54, 1.807) is 23.1 Å². The number of aromatic nitrogens is 1. The van der Waals surface area contributed by atoms with E-state index >= 15 is 0 Å². The number of hydrogen-bond donors (Lipinski definition) is 2. The number of anilines is 1. The number of benzene rings is 2. The van der Waals surface area contributed by atoms with E-state index in [1.807, 2.05) is 0 Å². The van der Waals surface area contributed by atoms with Gasteiger partial charge in [-0.3, -0.25) is 14.4 Å². The second-order valence-electron chi connectivity index (χ2n) is 9.33. The van der Waals surface area contributed by atoms with Crippen LogP contribution in [0.25, 0.3) is 10.8 Å². The summed E-state index contributed by atoms with van der Waals surface area (Å²) in [6.07, 6.45) is -2.87. The summed E-state index contributed by atoms with van der Waals surface area (Å²) in [5.41, 5.74) is 6.81. The van der Waals surface area contributed by atoms with Crippen molar-refractivity contribution in [2.75, 3.05) is 32.0 Å². The Morgan fingerprint density at radius 3 is 2.31 bits per heavy atom. The lowest BCUT2D eigenvalue weighted by atomic mass is 10.0. The van der Waals surface area contributed by atoms with Crippen LogP contribution < -0.4 is 15.8 Å². The van der Waals surface area contributed by atoms with Gasteiger partial charge >= 0.3 is 18.1 Å². The van der Waals surface area contributed by atoms with Gasteiger partial charge < -0.3 is 25.4 Å². The molecule has 14 heteroatoms. The van der Waals surface area contributed by atoms with E-state index in [0.29, 0.717) is 35.0 Å². The first-order valence-corrected chi connectivity index (χ1v) is 12.8. The third-order valence-electron chi connectivity index (χ3n) is 6.40. The van der Waals surface area contributed by atoms with Crippen molar-refractivity contribution in [2.45, 2.75) is 25.4 Å². The van der Waals surface area contributed by atoms with E-state index in [4.69, 9.17) is 10.5 Å². The molecule has 1 aromatic heterocycles. The van der Waals surface area contributed by atoms with Gasteiger partial charge in [0, 0.05) is 47.8 Å². The van der Waals surface area contributed by atoms with Gasteiger partial charge in [0.1, 0.15) is 18.2 Å². The summed E-state index contributed by atoms with van der Waals surface area (Å²) >= 11 is 0. The highest BCUT2D eigenvalue weighted by Crippen LogP contribution is 2.29. The fraction of sp³-hybridized carbons (Fsp3) is 0.286. The van der Waals surface area contributed by atoms with Gasteiger partial charge in [-0.2, -0.15) is 13.2 Å². The van der Waals surface area contributed by atoms with E-state index in [2.05, 4.69) is 15.0 Å². The summed E-state index contributed by atoms with van der Waals surface area (Å²) in [5.74, 6) is -6.54. The molecule has 1 aliphatic heterocycles. The fourth-order valence-corrected chi connectivity index (χ4v) is 4.28. The first-order chi connectivity index (χ1) is 19.9. The number of nitrogens with one attached hydrogen (secondary N) is 1. The average Bonchev–Trinajstić information content (AvgIpc) is 3.50. The van der Waals surface area contributed by atoms with Crippen molar-refractivity contribution >= 4 is 46.1 Å². The minimum Gasteiger partial charge on any atom is -0.491 e. The molecule has 1 fully saturated rings. The number of amides is 2. The molecule has 0 saturated carbocycles. The lowest BCUT2D eigenvalue weighted by Crippen LogP contribution is -2.31. The minimum absolute atomic E-state index is 0.00334. The molecule has 0 atom stereocenters. The van der Waals surface area contributed by atoms with Crippen LogP contribution in [-0.2, 0) is 25.5 Å². The molecule has 2 amide bonds. The Kier molecular flexibility index (Phi) is 9.03. The Labute approximate surface area is 236 Å². The highest BCUT2D eigenvalue weighted by Gasteiger charge is 2.43. The Bertz CT molecular complexity index is 1530. The molecule has 0 bridgehead atoms. The number of hydrogen-bond acceptors (Lipinski definition) is 9. The molecular formula is C28H25F3N4O7. The summed E-state index contributed by atoms with van der Waals surface area (Å²) in [6.45, 7) is 1.31. The number of alkyl halides is 3. The molecule has 2 aromatic carbocycles. The maximum absolute atomic E-state index is 12.6. The quantitative estimate of drug-likeness (QED) is 0.166. The molecule has 4 rings (SSSR count). The van der Waals surface area contributed by atoms with E-state index in [0.717, 1.165) is 12.8 Å². The number of rotatable bonds is 9. The van der Waals surface area contributed by atoms with Gasteiger partial charge in [-0.25, -0.2) is 14.6 Å². The van der Waals surface area contributed by atoms with E-state index in [1.165, 1.54) is 30.5 Å². The van der Waals surface area contributed by atoms with Crippen LogP contribution >= 0.6 is 0 Å². The molecule has 0 spiro atoms. The second-order valence-corrected chi connectivity index (χ2v) is 9.33. The van der Waals surface area contributed by atoms with Crippen molar-refractivity contribution in [1.29, 1.82) is 0 Å². The Hall–Kier alpha value is -5.01. The van der Waals surface area contributed by atoms with Crippen LogP contribution in [0.1, 0.15) is 39.1 Å². The fourth-order valence-electron chi connectivity index (χ4n) is 4.28. The molecule has 3 aromatic rings. The topological polar surface area (TPSA) is 158 Å². The summed E-state index contributed by atoms with van der Waals surface area (Å²) in [5, 5.41) is 3.59. The van der Waals surface area contributed by atoms with E-state index < -0.39 is 36.2 Å². The number of nitrogens with zero attached hydrogens (tertiary/aromatic N) is 2. The molecule has 220 valence electrons. The van der Waals surface area contributed by atoms with Gasteiger partial charge in [-0.1, -0.05) is 0 Å². The zero-order valence-corrected chi connectivity index (χ0v) is 22.0. The highest BCUT2D eigenvalue weighted by molar-refractivity contribution is 6.35. The van der Waals surface area contributed by atoms with Gasteiger partial charge in [0.15, 0.2) is 0 Å². The molecule has 1 saturated heterocycles. The number of nitrogens with two attached hydrogens (primary N) is 1. The number of halogens is 3. The van der Waals surface area contributed by atoms with Crippen LogP contribution in [-0.4, -0.2) is 71.8 Å². The van der Waals surface area contributed by atoms with Crippen LogP contribution in [0.15, 0.2) is 48.7 Å². The van der Waals surface area contributed by atoms with Crippen molar-refractivity contribution in [3.05, 3.63) is 65.4 Å². The average molecular weight is 587 g/mol. The van der Waals surface area contributed by atoms with Gasteiger partial charge in [0.25, 0.3) is 11.8 Å². The molecule has 42 heavy (non-hydrogen) atoms. The number of Topliss-reactive ketones (excluding diaryl/α,β-unsaturated/α-hetero) is 1. The number of esters is 2. The number of ketones is 1. The minimum atomic E-state index is -5.45. The first kappa shape index (κ1) is 30.0. The Morgan fingerprint density at radius 1 is 0.976 bits per heavy atom. The summed E-state index contributed by atoms with van der Waals surface area (Å²) in [6, 6.07) is 10.6. The highest BCUT2D eigenvalue weighted by atomic mass is 19.4. The van der Waals surface area contributed by atoms with Crippen molar-refractivity contribution < 1.29 is 46.6 Å². The Morgan fingerprint density at radius 2 is 1.64 bits per heavy atom. The van der Waals surface area contributed by atoms with Gasteiger partial charge in [-0.05, 0) is 60.7 Å². The van der Waals surface area contributed by atoms with Crippen LogP contribution in [0.2, 0.25) is 0 Å². The van der Waals surface area contributed by atoms with Gasteiger partial charge in [0.2, 0.25) is 5.78 Å². The molecule has 2 heterocycles. The normalized spacial score (nSPS) is 13.1. The summed E-state index contributed by atoms with van der Waals surface area (Å²) in [4.78, 5) is 65.8. The van der Waals surface area contributed by atoms with E-state index in [9.17, 15) is 37.1 Å². The van der Waals surface area contributed by atoms with Crippen LogP contribution in [0.5, 0.6) is 5.75 Å². The SMILES string of the molecule is Nc1nccc2cc(CC(=O)C(=O)OC(=O)C(F)(F)F)c(OCCNC(=O)c3ccc(C(=O)N4CCCC4)cc3)cc12. The number of carbonyl (C=O) groups is 5. The third-order valence-corrected chi connectivity index (χ3v) is 6.40. The molecule has 0 unspecified atom stereocenters. The number of pyridine rings is 1. The molecule has 3 N–H and O–H groups in total. The smallest absolute Gasteiger partial charge is 0.491 e. The number of likely N-dealkylation sites (tertiary alicyclic amines) is 1. The zero-order valence-electron chi connectivity index (χ0n) is 22.0. The molecule has 0 radical (unpaired) electrons. The molecule has 1 aliphatic rings. The number of nitrogen functional groups attached to an aromatic ring is 1. The largest absolute Gasteiger partial charge is 0.491 e. The summed E-state index contributed by atoms with van der Waals surface area (Å²) < 4.78 is 46.5. The predicted molar refractivity (Wildman–Crippen MR) is 141 cm³/mol. The van der Waals surface area contributed by atoms with Crippen LogP contribution in [0.3, 0.4) is 0 Å². The van der Waals surface area contributed by atoms with E-state index in [-0.39, 0.29) is 36.2 Å². The number of fused-ring (bicyclic) bond motifs is 1. The number of ether oxygens (including phenoxy) is 2. The standard InChI is InChI=1S/C28H25F3N4O7/c29-28(30,31)27(40)42-26(39)21(36)14-19-13-18-7-8-33-23(32)20(18)15-22(19)41-12-9-34-24(37)16-3-5-17(6-4-16)25(38)35-10-1-2-11-35/h3-8,13,15H,1-2,9-12,14H2,(H2,32,33)(H,34,37). The maximum atomic E-state index is 12.6. The van der Waals surface area contributed by atoms with Crippen molar-refractivity contribution in [3.63, 3.8) is 0 Å². The zero-order chi connectivity index (χ0) is 30.4. The third kappa shape index (κ3) is 7.19. The van der Waals surface area contributed by atoms with Gasteiger partial charge in [-0.15, -0.1) is 0 Å². The summed E-state index contributed by atoms with van der Waals surface area (Å²) in [7, 11) is 0. The molecular weight excluding hydrogens is 561 g/mol. The van der Waals surface area contributed by atoms with Crippen LogP contribution in [0.4, 0.5) is 19.0 Å². The maximum Gasteiger partial charge on any atom is 0.491 e. The predicted octanol–water partition coefficient (Wildman–Crippen LogP) is 2.61. The molecule has 0 aliphatic carbocycles. The lowest BCUT2D eigenvalue weighted by molar-refractivity contribution is -0.202. The van der Waals surface area contributed by atoms with Crippen LogP contribution in [0, 0.1) is 0 Å². The van der Waals surface area contributed by atoms with Gasteiger partial charge in [0.05, 0.1) is 6.54 Å². The monoisotopic (exact) mass is 586 g/mol. The first-order valence-electron chi connectivity index (χ1n) is 12.8. The van der Waals surface area contributed by atoms with Crippen molar-refractivity contribution in [1.82, 2.24) is 15.2 Å². The molecule has 11 nitrogen and oxygen atoms in total. The van der Waals surface area contributed by atoms with Crippen molar-refractivity contribution in [3.8, 4) is 5.75 Å².